The van der Waals surface area contributed by atoms with E-state index in [9.17, 15) is 5.11 Å². The molecule has 2 heterocycles. The van der Waals surface area contributed by atoms with Gasteiger partial charge in [0.05, 0.1) is 19.6 Å². The van der Waals surface area contributed by atoms with Gasteiger partial charge in [0.15, 0.2) is 0 Å². The quantitative estimate of drug-likeness (QED) is 0.937. The van der Waals surface area contributed by atoms with Gasteiger partial charge < -0.3 is 19.1 Å². The topological polar surface area (TPSA) is 56.5 Å². The van der Waals surface area contributed by atoms with Crippen LogP contribution in [0.5, 0.6) is 0 Å². The molecule has 0 spiro atoms. The van der Waals surface area contributed by atoms with Gasteiger partial charge in [0, 0.05) is 30.0 Å². The Morgan fingerprint density at radius 3 is 2.76 bits per heavy atom. The number of imidazole rings is 1. The molecular formula is C15H17ClN2O3. The zero-order chi connectivity index (χ0) is 14.9. The number of benzene rings is 1. The minimum Gasteiger partial charge on any atom is -0.394 e. The number of hydrogen-bond acceptors (Lipinski definition) is 4. The largest absolute Gasteiger partial charge is 0.394 e. The van der Waals surface area contributed by atoms with Crippen LogP contribution in [0.2, 0.25) is 5.02 Å². The standard InChI is InChI=1S/C15H17ClN2O3/c1-18-7-6-17-14(18)8-15(20-10-13(9-19)21-15)11-2-4-12(16)5-3-11/h2-7,13,19H,8-10H2,1H3/t13-,15-/m0/s1. The molecule has 0 unspecified atom stereocenters. The molecule has 21 heavy (non-hydrogen) atoms. The Labute approximate surface area is 128 Å². The van der Waals surface area contributed by atoms with Crippen molar-refractivity contribution < 1.29 is 14.6 Å². The number of rotatable bonds is 4. The van der Waals surface area contributed by atoms with Crippen molar-refractivity contribution in [2.24, 2.45) is 7.05 Å². The van der Waals surface area contributed by atoms with Gasteiger partial charge in [0.1, 0.15) is 11.9 Å². The van der Waals surface area contributed by atoms with Crippen LogP contribution in [-0.4, -0.2) is 34.0 Å². The van der Waals surface area contributed by atoms with Crippen molar-refractivity contribution in [1.82, 2.24) is 9.55 Å². The summed E-state index contributed by atoms with van der Waals surface area (Å²) in [4.78, 5) is 4.33. The third kappa shape index (κ3) is 2.82. The van der Waals surface area contributed by atoms with Crippen molar-refractivity contribution in [3.8, 4) is 0 Å². The fourth-order valence-corrected chi connectivity index (χ4v) is 2.61. The molecule has 2 atom stereocenters. The molecule has 5 nitrogen and oxygen atoms in total. The molecule has 2 aromatic rings. The minimum absolute atomic E-state index is 0.0735. The van der Waals surface area contributed by atoms with Crippen molar-refractivity contribution in [2.45, 2.75) is 18.3 Å². The number of aliphatic hydroxyl groups excluding tert-OH is 1. The first-order valence-electron chi connectivity index (χ1n) is 6.78. The van der Waals surface area contributed by atoms with Crippen molar-refractivity contribution >= 4 is 11.6 Å². The van der Waals surface area contributed by atoms with E-state index in [1.54, 1.807) is 18.3 Å². The predicted molar refractivity (Wildman–Crippen MR) is 78.0 cm³/mol. The van der Waals surface area contributed by atoms with Crippen LogP contribution in [0.1, 0.15) is 11.4 Å². The number of nitrogens with zero attached hydrogens (tertiary/aromatic N) is 2. The maximum absolute atomic E-state index is 9.32. The number of hydrogen-bond donors (Lipinski definition) is 1. The van der Waals surface area contributed by atoms with E-state index >= 15 is 0 Å². The molecule has 1 saturated heterocycles. The summed E-state index contributed by atoms with van der Waals surface area (Å²) in [6.45, 7) is 0.277. The van der Waals surface area contributed by atoms with Gasteiger partial charge in [-0.25, -0.2) is 4.98 Å². The summed E-state index contributed by atoms with van der Waals surface area (Å²) in [6, 6.07) is 7.36. The van der Waals surface area contributed by atoms with Gasteiger partial charge in [-0.3, -0.25) is 0 Å². The third-order valence-electron chi connectivity index (χ3n) is 3.66. The monoisotopic (exact) mass is 308 g/mol. The molecule has 112 valence electrons. The van der Waals surface area contributed by atoms with E-state index in [4.69, 9.17) is 21.1 Å². The van der Waals surface area contributed by atoms with Crippen molar-refractivity contribution in [1.29, 1.82) is 0 Å². The van der Waals surface area contributed by atoms with Crippen molar-refractivity contribution in [2.75, 3.05) is 13.2 Å². The molecule has 0 saturated carbocycles. The summed E-state index contributed by atoms with van der Waals surface area (Å²) in [6.07, 6.45) is 3.75. The fraction of sp³-hybridized carbons (Fsp3) is 0.400. The van der Waals surface area contributed by atoms with Crippen LogP contribution >= 0.6 is 11.6 Å². The number of aliphatic hydroxyl groups is 1. The second kappa shape index (κ2) is 5.77. The lowest BCUT2D eigenvalue weighted by Crippen LogP contribution is -2.32. The number of halogens is 1. The van der Waals surface area contributed by atoms with Gasteiger partial charge in [0.2, 0.25) is 5.79 Å². The number of aromatic nitrogens is 2. The van der Waals surface area contributed by atoms with Crippen LogP contribution in [0, 0.1) is 0 Å². The van der Waals surface area contributed by atoms with E-state index in [1.807, 2.05) is 29.9 Å². The maximum atomic E-state index is 9.32. The van der Waals surface area contributed by atoms with Gasteiger partial charge in [-0.05, 0) is 12.1 Å². The molecule has 0 bridgehead atoms. The van der Waals surface area contributed by atoms with Gasteiger partial charge in [0.25, 0.3) is 0 Å². The van der Waals surface area contributed by atoms with E-state index in [1.165, 1.54) is 0 Å². The molecule has 1 aliphatic heterocycles. The zero-order valence-electron chi connectivity index (χ0n) is 11.7. The highest BCUT2D eigenvalue weighted by molar-refractivity contribution is 6.30. The highest BCUT2D eigenvalue weighted by Gasteiger charge is 2.44. The molecule has 1 aliphatic rings. The summed E-state index contributed by atoms with van der Waals surface area (Å²) in [5.74, 6) is -0.0829. The SMILES string of the molecule is Cn1ccnc1C[C@]1(c2ccc(Cl)cc2)OC[C@H](CO)O1. The van der Waals surface area contributed by atoms with Crippen LogP contribution < -0.4 is 0 Å². The molecule has 1 aromatic heterocycles. The first-order valence-corrected chi connectivity index (χ1v) is 7.15. The Kier molecular flexibility index (Phi) is 3.99. The summed E-state index contributed by atoms with van der Waals surface area (Å²) in [7, 11) is 1.93. The lowest BCUT2D eigenvalue weighted by Gasteiger charge is -2.28. The van der Waals surface area contributed by atoms with Crippen LogP contribution in [0.15, 0.2) is 36.7 Å². The molecule has 1 N–H and O–H groups in total. The van der Waals surface area contributed by atoms with Crippen molar-refractivity contribution in [3.05, 3.63) is 53.1 Å². The van der Waals surface area contributed by atoms with Crippen LogP contribution in [0.4, 0.5) is 0 Å². The van der Waals surface area contributed by atoms with Crippen LogP contribution in [0.25, 0.3) is 0 Å². The summed E-state index contributed by atoms with van der Waals surface area (Å²) in [5.41, 5.74) is 0.867. The summed E-state index contributed by atoms with van der Waals surface area (Å²) < 4.78 is 13.8. The Morgan fingerprint density at radius 1 is 1.43 bits per heavy atom. The van der Waals surface area contributed by atoms with Crippen molar-refractivity contribution in [3.63, 3.8) is 0 Å². The summed E-state index contributed by atoms with van der Waals surface area (Å²) in [5, 5.41) is 9.98. The molecule has 1 fully saturated rings. The lowest BCUT2D eigenvalue weighted by atomic mass is 10.0. The van der Waals surface area contributed by atoms with Gasteiger partial charge in [-0.1, -0.05) is 23.7 Å². The Balaban J connectivity index is 1.95. The molecule has 0 amide bonds. The van der Waals surface area contributed by atoms with E-state index in [0.29, 0.717) is 18.1 Å². The smallest absolute Gasteiger partial charge is 0.202 e. The molecular weight excluding hydrogens is 292 g/mol. The highest BCUT2D eigenvalue weighted by atomic mass is 35.5. The Bertz CT molecular complexity index is 614. The zero-order valence-corrected chi connectivity index (χ0v) is 12.5. The maximum Gasteiger partial charge on any atom is 0.202 e. The fourth-order valence-electron chi connectivity index (χ4n) is 2.48. The summed E-state index contributed by atoms with van der Waals surface area (Å²) >= 11 is 5.95. The number of ether oxygens (including phenoxy) is 2. The first-order chi connectivity index (χ1) is 10.1. The normalized spacial score (nSPS) is 25.4. The molecule has 1 aromatic carbocycles. The van der Waals surface area contributed by atoms with E-state index < -0.39 is 5.79 Å². The van der Waals surface area contributed by atoms with E-state index in [2.05, 4.69) is 4.98 Å². The molecule has 0 radical (unpaired) electrons. The third-order valence-corrected chi connectivity index (χ3v) is 3.91. The number of aryl methyl sites for hydroxylation is 1. The van der Waals surface area contributed by atoms with Crippen LogP contribution in [-0.2, 0) is 28.7 Å². The Morgan fingerprint density at radius 2 is 2.19 bits per heavy atom. The van der Waals surface area contributed by atoms with Gasteiger partial charge >= 0.3 is 0 Å². The predicted octanol–water partition coefficient (Wildman–Crippen LogP) is 1.88. The molecule has 3 rings (SSSR count). The highest BCUT2D eigenvalue weighted by Crippen LogP contribution is 2.37. The Hall–Kier alpha value is -1.40. The van der Waals surface area contributed by atoms with E-state index in [0.717, 1.165) is 11.4 Å². The van der Waals surface area contributed by atoms with E-state index in [-0.39, 0.29) is 12.7 Å². The van der Waals surface area contributed by atoms with Gasteiger partial charge in [-0.2, -0.15) is 0 Å². The van der Waals surface area contributed by atoms with Crippen LogP contribution in [0.3, 0.4) is 0 Å². The van der Waals surface area contributed by atoms with Gasteiger partial charge in [-0.15, -0.1) is 0 Å². The molecule has 0 aliphatic carbocycles. The average molecular weight is 309 g/mol. The second-order valence-electron chi connectivity index (χ2n) is 5.12. The lowest BCUT2D eigenvalue weighted by molar-refractivity contribution is -0.180. The first kappa shape index (κ1) is 14.5. The molecule has 6 heteroatoms. The second-order valence-corrected chi connectivity index (χ2v) is 5.56. The average Bonchev–Trinajstić information content (AvgIpc) is 3.08. The minimum atomic E-state index is -0.933.